The molecule has 1 aromatic rings. The van der Waals surface area contributed by atoms with E-state index in [1.807, 2.05) is 42.2 Å². The minimum atomic E-state index is 0.0561. The van der Waals surface area contributed by atoms with Crippen molar-refractivity contribution < 1.29 is 9.90 Å². The van der Waals surface area contributed by atoms with Gasteiger partial charge in [-0.2, -0.15) is 0 Å². The summed E-state index contributed by atoms with van der Waals surface area (Å²) < 4.78 is 0. The third-order valence-corrected chi connectivity index (χ3v) is 3.31. The number of aliphatic hydroxyl groups is 1. The summed E-state index contributed by atoms with van der Waals surface area (Å²) in [7, 11) is 0. The smallest absolute Gasteiger partial charge is 0.227 e. The van der Waals surface area contributed by atoms with E-state index in [0.717, 1.165) is 11.1 Å². The number of rotatable bonds is 2. The van der Waals surface area contributed by atoms with E-state index in [-0.39, 0.29) is 17.7 Å². The number of nitrogens with zero attached hydrogens (tertiary/aromatic N) is 1. The Balaban J connectivity index is 2.20. The molecule has 0 bridgehead atoms. The lowest BCUT2D eigenvalue weighted by Crippen LogP contribution is -2.28. The fourth-order valence-corrected chi connectivity index (χ4v) is 2.14. The second-order valence-corrected chi connectivity index (χ2v) is 4.47. The molecule has 3 nitrogen and oxygen atoms in total. The fourth-order valence-electron chi connectivity index (χ4n) is 2.14. The van der Waals surface area contributed by atoms with Gasteiger partial charge in [0.15, 0.2) is 0 Å². The molecule has 1 aliphatic heterocycles. The summed E-state index contributed by atoms with van der Waals surface area (Å²) in [6, 6.07) is 10.0. The summed E-state index contributed by atoms with van der Waals surface area (Å²) in [5, 5.41) is 9.44. The van der Waals surface area contributed by atoms with Crippen molar-refractivity contribution in [1.29, 1.82) is 0 Å². The summed E-state index contributed by atoms with van der Waals surface area (Å²) in [5.74, 6) is 0.367. The number of likely N-dealkylation sites (tertiary alicyclic amines) is 1. The molecule has 0 spiro atoms. The highest BCUT2D eigenvalue weighted by atomic mass is 16.3. The molecule has 90 valence electrons. The number of hydrogen-bond acceptors (Lipinski definition) is 2. The van der Waals surface area contributed by atoms with E-state index in [2.05, 4.69) is 0 Å². The Hall–Kier alpha value is -1.77. The first-order chi connectivity index (χ1) is 8.09. The van der Waals surface area contributed by atoms with Crippen LogP contribution in [0.3, 0.4) is 0 Å². The normalized spacial score (nSPS) is 20.6. The van der Waals surface area contributed by atoms with Crippen LogP contribution < -0.4 is 0 Å². The van der Waals surface area contributed by atoms with E-state index in [4.69, 9.17) is 0 Å². The van der Waals surface area contributed by atoms with Crippen LogP contribution in [-0.4, -0.2) is 22.5 Å². The molecular formula is C14H17NO2. The Morgan fingerprint density at radius 2 is 2.00 bits per heavy atom. The molecule has 1 aromatic carbocycles. The van der Waals surface area contributed by atoms with Crippen molar-refractivity contribution in [2.45, 2.75) is 26.3 Å². The minimum absolute atomic E-state index is 0.0561. The molecule has 17 heavy (non-hydrogen) atoms. The third kappa shape index (κ3) is 2.33. The van der Waals surface area contributed by atoms with E-state index >= 15 is 0 Å². The molecular weight excluding hydrogens is 214 g/mol. The lowest BCUT2D eigenvalue weighted by Gasteiger charge is -2.24. The Labute approximate surface area is 101 Å². The highest BCUT2D eigenvalue weighted by molar-refractivity contribution is 5.82. The molecule has 1 heterocycles. The molecule has 2 rings (SSSR count). The van der Waals surface area contributed by atoms with Gasteiger partial charge in [0.2, 0.25) is 5.91 Å². The van der Waals surface area contributed by atoms with Gasteiger partial charge in [0, 0.05) is 6.54 Å². The lowest BCUT2D eigenvalue weighted by atomic mass is 10.1. The van der Waals surface area contributed by atoms with Crippen molar-refractivity contribution in [3.8, 4) is 0 Å². The van der Waals surface area contributed by atoms with Crippen LogP contribution in [0.5, 0.6) is 0 Å². The number of aliphatic hydroxyl groups excluding tert-OH is 1. The molecule has 1 atom stereocenters. The van der Waals surface area contributed by atoms with E-state index in [1.54, 1.807) is 6.92 Å². The Bertz CT molecular complexity index is 447. The number of hydrogen-bond donors (Lipinski definition) is 1. The van der Waals surface area contributed by atoms with Gasteiger partial charge in [-0.1, -0.05) is 30.3 Å². The van der Waals surface area contributed by atoms with Gasteiger partial charge in [0.05, 0.1) is 18.2 Å². The maximum atomic E-state index is 11.9. The van der Waals surface area contributed by atoms with Gasteiger partial charge in [-0.15, -0.1) is 0 Å². The second-order valence-electron chi connectivity index (χ2n) is 4.47. The van der Waals surface area contributed by atoms with Gasteiger partial charge in [0.1, 0.15) is 0 Å². The van der Waals surface area contributed by atoms with Gasteiger partial charge >= 0.3 is 0 Å². The van der Waals surface area contributed by atoms with Crippen molar-refractivity contribution in [2.75, 3.05) is 6.54 Å². The molecule has 0 radical (unpaired) electrons. The van der Waals surface area contributed by atoms with Crippen LogP contribution in [0.2, 0.25) is 0 Å². The summed E-state index contributed by atoms with van der Waals surface area (Å²) in [5.41, 5.74) is 1.95. The molecule has 1 amide bonds. The molecule has 1 saturated heterocycles. The van der Waals surface area contributed by atoms with Gasteiger partial charge < -0.3 is 10.0 Å². The standard InChI is InChI=1S/C14H17NO2/c1-10(12-6-4-3-5-7-12)15-9-13(11(2)16)8-14(15)17/h3-7,10,16H,8-9H2,1-2H3/b13-11-/t10-/m1/s1. The zero-order valence-corrected chi connectivity index (χ0v) is 10.2. The molecule has 0 aliphatic carbocycles. The van der Waals surface area contributed by atoms with Crippen LogP contribution >= 0.6 is 0 Å². The molecule has 1 N–H and O–H groups in total. The number of amides is 1. The molecule has 0 saturated carbocycles. The van der Waals surface area contributed by atoms with E-state index < -0.39 is 0 Å². The zero-order valence-electron chi connectivity index (χ0n) is 10.2. The first-order valence-electron chi connectivity index (χ1n) is 5.81. The zero-order chi connectivity index (χ0) is 12.4. The SMILES string of the molecule is C/C(O)=C1\CC(=O)N([C@H](C)c2ccccc2)C1. The topological polar surface area (TPSA) is 40.5 Å². The average molecular weight is 231 g/mol. The molecule has 1 aliphatic rings. The highest BCUT2D eigenvalue weighted by Gasteiger charge is 2.30. The van der Waals surface area contributed by atoms with Gasteiger partial charge in [0.25, 0.3) is 0 Å². The van der Waals surface area contributed by atoms with E-state index in [1.165, 1.54) is 0 Å². The summed E-state index contributed by atoms with van der Waals surface area (Å²) in [6.45, 7) is 4.19. The largest absolute Gasteiger partial charge is 0.513 e. The predicted molar refractivity (Wildman–Crippen MR) is 66.5 cm³/mol. The van der Waals surface area contributed by atoms with Gasteiger partial charge in [-0.25, -0.2) is 0 Å². The van der Waals surface area contributed by atoms with Crippen LogP contribution in [0, 0.1) is 0 Å². The maximum Gasteiger partial charge on any atom is 0.227 e. The minimum Gasteiger partial charge on any atom is -0.513 e. The lowest BCUT2D eigenvalue weighted by molar-refractivity contribution is -0.129. The first kappa shape index (κ1) is 11.7. The summed E-state index contributed by atoms with van der Waals surface area (Å²) >= 11 is 0. The summed E-state index contributed by atoms with van der Waals surface area (Å²) in [4.78, 5) is 13.7. The monoisotopic (exact) mass is 231 g/mol. The van der Waals surface area contributed by atoms with Crippen LogP contribution in [0.4, 0.5) is 0 Å². The summed E-state index contributed by atoms with van der Waals surface area (Å²) in [6.07, 6.45) is 0.347. The Morgan fingerprint density at radius 1 is 1.35 bits per heavy atom. The van der Waals surface area contributed by atoms with Crippen molar-refractivity contribution in [3.05, 3.63) is 47.2 Å². The van der Waals surface area contributed by atoms with Crippen molar-refractivity contribution in [1.82, 2.24) is 4.90 Å². The fraction of sp³-hybridized carbons (Fsp3) is 0.357. The predicted octanol–water partition coefficient (Wildman–Crippen LogP) is 2.81. The maximum absolute atomic E-state index is 11.9. The van der Waals surface area contributed by atoms with E-state index in [9.17, 15) is 9.90 Å². The van der Waals surface area contributed by atoms with E-state index in [0.29, 0.717) is 13.0 Å². The van der Waals surface area contributed by atoms with Crippen LogP contribution in [-0.2, 0) is 4.79 Å². The molecule has 1 fully saturated rings. The molecule has 3 heteroatoms. The highest BCUT2D eigenvalue weighted by Crippen LogP contribution is 2.28. The number of allylic oxidation sites excluding steroid dienone is 1. The van der Waals surface area contributed by atoms with Crippen molar-refractivity contribution >= 4 is 5.91 Å². The molecule has 0 unspecified atom stereocenters. The number of carbonyl (C=O) groups is 1. The van der Waals surface area contributed by atoms with Gasteiger partial charge in [-0.3, -0.25) is 4.79 Å². The first-order valence-corrected chi connectivity index (χ1v) is 5.81. The number of carbonyl (C=O) groups excluding carboxylic acids is 1. The Kier molecular flexibility index (Phi) is 3.18. The quantitative estimate of drug-likeness (QED) is 0.795. The van der Waals surface area contributed by atoms with Crippen molar-refractivity contribution in [2.24, 2.45) is 0 Å². The Morgan fingerprint density at radius 3 is 2.53 bits per heavy atom. The van der Waals surface area contributed by atoms with Crippen LogP contribution in [0.1, 0.15) is 31.9 Å². The average Bonchev–Trinajstić information content (AvgIpc) is 2.72. The van der Waals surface area contributed by atoms with Crippen molar-refractivity contribution in [3.63, 3.8) is 0 Å². The van der Waals surface area contributed by atoms with Gasteiger partial charge in [-0.05, 0) is 25.0 Å². The van der Waals surface area contributed by atoms with Crippen LogP contribution in [0.15, 0.2) is 41.7 Å². The number of benzene rings is 1. The molecule has 0 aromatic heterocycles. The third-order valence-electron chi connectivity index (χ3n) is 3.31. The van der Waals surface area contributed by atoms with Crippen LogP contribution in [0.25, 0.3) is 0 Å². The second kappa shape index (κ2) is 4.62.